The number of aliphatic hydroxyl groups excluding tert-OH is 1. The van der Waals surface area contributed by atoms with Gasteiger partial charge < -0.3 is 10.4 Å². The Kier molecular flexibility index (Phi) is 4.40. The maximum atomic E-state index is 12.6. The van der Waals surface area contributed by atoms with Gasteiger partial charge in [-0.3, -0.25) is 4.79 Å². The molecule has 4 heteroatoms. The number of rotatable bonds is 4. The summed E-state index contributed by atoms with van der Waals surface area (Å²) in [5.41, 5.74) is -0.351. The van der Waals surface area contributed by atoms with Crippen LogP contribution < -0.4 is 5.32 Å². The lowest BCUT2D eigenvalue weighted by molar-refractivity contribution is -0.128. The molecule has 2 rings (SSSR count). The number of nitrogens with one attached hydrogen (secondary N) is 1. The number of aliphatic hydroxyl groups is 1. The normalized spacial score (nSPS) is 20.3. The van der Waals surface area contributed by atoms with E-state index in [4.69, 9.17) is 5.11 Å². The first kappa shape index (κ1) is 13.6. The van der Waals surface area contributed by atoms with Gasteiger partial charge >= 0.3 is 0 Å². The highest BCUT2D eigenvalue weighted by Gasteiger charge is 2.42. The molecule has 18 heavy (non-hydrogen) atoms. The van der Waals surface area contributed by atoms with Crippen LogP contribution >= 0.6 is 11.3 Å². The van der Waals surface area contributed by atoms with E-state index < -0.39 is 0 Å². The van der Waals surface area contributed by atoms with Gasteiger partial charge in [0.1, 0.15) is 0 Å². The second-order valence-corrected chi connectivity index (χ2v) is 6.12. The van der Waals surface area contributed by atoms with Crippen molar-refractivity contribution in [1.29, 1.82) is 0 Å². The SMILES string of the molecule is CC(CO)NC(=O)C1(c2cccs2)CCCCC1. The predicted molar refractivity (Wildman–Crippen MR) is 73.8 cm³/mol. The van der Waals surface area contributed by atoms with Gasteiger partial charge in [-0.15, -0.1) is 11.3 Å². The Morgan fingerprint density at radius 2 is 2.22 bits per heavy atom. The average molecular weight is 267 g/mol. The van der Waals surface area contributed by atoms with E-state index in [9.17, 15) is 4.79 Å². The summed E-state index contributed by atoms with van der Waals surface area (Å²) in [5, 5.41) is 14.1. The maximum Gasteiger partial charge on any atom is 0.231 e. The molecule has 1 heterocycles. The Morgan fingerprint density at radius 3 is 2.78 bits per heavy atom. The molecule has 100 valence electrons. The molecule has 0 radical (unpaired) electrons. The van der Waals surface area contributed by atoms with E-state index >= 15 is 0 Å². The van der Waals surface area contributed by atoms with E-state index in [0.717, 1.165) is 25.7 Å². The summed E-state index contributed by atoms with van der Waals surface area (Å²) in [7, 11) is 0. The van der Waals surface area contributed by atoms with E-state index in [2.05, 4.69) is 11.4 Å². The fraction of sp³-hybridized carbons (Fsp3) is 0.643. The van der Waals surface area contributed by atoms with E-state index in [0.29, 0.717) is 0 Å². The van der Waals surface area contributed by atoms with Crippen LogP contribution in [0.3, 0.4) is 0 Å². The second-order valence-electron chi connectivity index (χ2n) is 5.18. The van der Waals surface area contributed by atoms with Gasteiger partial charge in [-0.25, -0.2) is 0 Å². The van der Waals surface area contributed by atoms with Crippen molar-refractivity contribution in [3.8, 4) is 0 Å². The van der Waals surface area contributed by atoms with Gasteiger partial charge in [0.25, 0.3) is 0 Å². The first-order chi connectivity index (χ1) is 8.69. The van der Waals surface area contributed by atoms with E-state index in [1.54, 1.807) is 11.3 Å². The molecule has 1 atom stereocenters. The third-order valence-electron chi connectivity index (χ3n) is 3.79. The van der Waals surface area contributed by atoms with Gasteiger partial charge in [0.2, 0.25) is 5.91 Å². The minimum absolute atomic E-state index is 0.00768. The molecule has 1 aromatic heterocycles. The second kappa shape index (κ2) is 5.85. The van der Waals surface area contributed by atoms with E-state index in [1.165, 1.54) is 11.3 Å². The topological polar surface area (TPSA) is 49.3 Å². The van der Waals surface area contributed by atoms with Crippen LogP contribution in [0.1, 0.15) is 43.9 Å². The molecule has 0 spiro atoms. The molecule has 0 saturated heterocycles. The smallest absolute Gasteiger partial charge is 0.231 e. The molecule has 0 aromatic carbocycles. The minimum Gasteiger partial charge on any atom is -0.394 e. The Hall–Kier alpha value is -0.870. The van der Waals surface area contributed by atoms with E-state index in [-0.39, 0.29) is 24.0 Å². The Bertz CT molecular complexity index is 383. The molecular weight excluding hydrogens is 246 g/mol. The molecule has 1 aliphatic carbocycles. The molecule has 1 amide bonds. The first-order valence-corrected chi connectivity index (χ1v) is 7.53. The van der Waals surface area contributed by atoms with Crippen molar-refractivity contribution in [2.75, 3.05) is 6.61 Å². The molecular formula is C14H21NO2S. The summed E-state index contributed by atoms with van der Waals surface area (Å²) in [6.07, 6.45) is 5.29. The highest BCUT2D eigenvalue weighted by atomic mass is 32.1. The number of carbonyl (C=O) groups excluding carboxylic acids is 1. The van der Waals surface area contributed by atoms with Gasteiger partial charge in [-0.05, 0) is 31.2 Å². The molecule has 3 nitrogen and oxygen atoms in total. The summed E-state index contributed by atoms with van der Waals surface area (Å²) < 4.78 is 0. The number of hydrogen-bond acceptors (Lipinski definition) is 3. The molecule has 1 saturated carbocycles. The summed E-state index contributed by atoms with van der Waals surface area (Å²) >= 11 is 1.67. The van der Waals surface area contributed by atoms with Crippen LogP contribution in [0.25, 0.3) is 0 Å². The number of amides is 1. The zero-order chi connectivity index (χ0) is 13.0. The lowest BCUT2D eigenvalue weighted by Gasteiger charge is -2.35. The predicted octanol–water partition coefficient (Wildman–Crippen LogP) is 2.45. The standard InChI is InChI=1S/C14H21NO2S/c1-11(10-16)15-13(17)14(7-3-2-4-8-14)12-6-5-9-18-12/h5-6,9,11,16H,2-4,7-8,10H2,1H3,(H,15,17). The van der Waals surface area contributed by atoms with Crippen LogP contribution in [0.5, 0.6) is 0 Å². The maximum absolute atomic E-state index is 12.6. The molecule has 1 fully saturated rings. The first-order valence-electron chi connectivity index (χ1n) is 6.65. The van der Waals surface area contributed by atoms with E-state index in [1.807, 2.05) is 18.4 Å². The van der Waals surface area contributed by atoms with Crippen molar-refractivity contribution in [3.63, 3.8) is 0 Å². The molecule has 1 aromatic rings. The Labute approximate surface area is 112 Å². The quantitative estimate of drug-likeness (QED) is 0.880. The minimum atomic E-state index is -0.351. The van der Waals surface area contributed by atoms with Crippen LogP contribution in [0.4, 0.5) is 0 Å². The number of thiophene rings is 1. The molecule has 0 aliphatic heterocycles. The van der Waals surface area contributed by atoms with Crippen molar-refractivity contribution < 1.29 is 9.90 Å². The van der Waals surface area contributed by atoms with Gasteiger partial charge in [0.15, 0.2) is 0 Å². The number of hydrogen-bond donors (Lipinski definition) is 2. The van der Waals surface area contributed by atoms with Gasteiger partial charge in [0, 0.05) is 10.9 Å². The third-order valence-corrected chi connectivity index (χ3v) is 4.86. The van der Waals surface area contributed by atoms with Crippen LogP contribution in [0, 0.1) is 0 Å². The van der Waals surface area contributed by atoms with Gasteiger partial charge in [0.05, 0.1) is 12.0 Å². The van der Waals surface area contributed by atoms with Gasteiger partial charge in [-0.1, -0.05) is 25.3 Å². The highest BCUT2D eigenvalue weighted by Crippen LogP contribution is 2.41. The summed E-state index contributed by atoms with van der Waals surface area (Å²) in [4.78, 5) is 13.7. The Morgan fingerprint density at radius 1 is 1.50 bits per heavy atom. The van der Waals surface area contributed by atoms with Crippen molar-refractivity contribution in [3.05, 3.63) is 22.4 Å². The van der Waals surface area contributed by atoms with Crippen molar-refractivity contribution >= 4 is 17.2 Å². The molecule has 1 aliphatic rings. The summed E-state index contributed by atoms with van der Waals surface area (Å²) in [6.45, 7) is 1.83. The largest absolute Gasteiger partial charge is 0.394 e. The molecule has 1 unspecified atom stereocenters. The summed E-state index contributed by atoms with van der Waals surface area (Å²) in [6, 6.07) is 3.91. The summed E-state index contributed by atoms with van der Waals surface area (Å²) in [5.74, 6) is 0.0891. The van der Waals surface area contributed by atoms with Crippen molar-refractivity contribution in [2.24, 2.45) is 0 Å². The zero-order valence-corrected chi connectivity index (χ0v) is 11.6. The van der Waals surface area contributed by atoms with Crippen LogP contribution in [0.2, 0.25) is 0 Å². The van der Waals surface area contributed by atoms with Crippen LogP contribution in [-0.4, -0.2) is 23.7 Å². The van der Waals surface area contributed by atoms with Gasteiger partial charge in [-0.2, -0.15) is 0 Å². The highest BCUT2D eigenvalue weighted by molar-refractivity contribution is 7.10. The lowest BCUT2D eigenvalue weighted by Crippen LogP contribution is -2.49. The zero-order valence-electron chi connectivity index (χ0n) is 10.8. The fourth-order valence-electron chi connectivity index (χ4n) is 2.70. The lowest BCUT2D eigenvalue weighted by atomic mass is 9.72. The van der Waals surface area contributed by atoms with Crippen LogP contribution in [0.15, 0.2) is 17.5 Å². The fourth-order valence-corrected chi connectivity index (χ4v) is 3.68. The Balaban J connectivity index is 2.22. The monoisotopic (exact) mass is 267 g/mol. The van der Waals surface area contributed by atoms with Crippen molar-refractivity contribution in [1.82, 2.24) is 5.32 Å². The number of carbonyl (C=O) groups is 1. The van der Waals surface area contributed by atoms with Crippen molar-refractivity contribution in [2.45, 2.75) is 50.5 Å². The molecule has 0 bridgehead atoms. The molecule has 2 N–H and O–H groups in total. The van der Waals surface area contributed by atoms with Crippen LogP contribution in [-0.2, 0) is 10.2 Å². The average Bonchev–Trinajstić information content (AvgIpc) is 2.93. The third kappa shape index (κ3) is 2.59.